The fourth-order valence-electron chi connectivity index (χ4n) is 2.00. The third kappa shape index (κ3) is 2.77. The van der Waals surface area contributed by atoms with Gasteiger partial charge in [-0.05, 0) is 12.1 Å². The van der Waals surface area contributed by atoms with Gasteiger partial charge in [-0.3, -0.25) is 9.59 Å². The second-order valence-electron chi connectivity index (χ2n) is 4.16. The van der Waals surface area contributed by atoms with Crippen LogP contribution in [-0.2, 0) is 9.59 Å². The Morgan fingerprint density at radius 2 is 2.06 bits per heavy atom. The Hall–Kier alpha value is -2.11. The van der Waals surface area contributed by atoms with E-state index < -0.39 is 0 Å². The van der Waals surface area contributed by atoms with Crippen molar-refractivity contribution in [3.05, 3.63) is 18.3 Å². The second kappa shape index (κ2) is 5.48. The van der Waals surface area contributed by atoms with Gasteiger partial charge in [0.25, 0.3) is 0 Å². The maximum absolute atomic E-state index is 11.2. The van der Waals surface area contributed by atoms with Crippen molar-refractivity contribution in [2.75, 3.05) is 36.4 Å². The SMILES string of the molecule is CC(=O)N1CCN(c2ccc(NC=O)nc2)CC1. The number of anilines is 2. The van der Waals surface area contributed by atoms with Crippen molar-refractivity contribution in [1.29, 1.82) is 0 Å². The maximum Gasteiger partial charge on any atom is 0.219 e. The van der Waals surface area contributed by atoms with E-state index in [1.54, 1.807) is 19.2 Å². The molecule has 0 saturated carbocycles. The smallest absolute Gasteiger partial charge is 0.219 e. The van der Waals surface area contributed by atoms with Crippen molar-refractivity contribution in [2.24, 2.45) is 0 Å². The first-order chi connectivity index (χ1) is 8.70. The van der Waals surface area contributed by atoms with Crippen LogP contribution in [0.1, 0.15) is 6.92 Å². The lowest BCUT2D eigenvalue weighted by Gasteiger charge is -2.35. The number of amides is 2. The van der Waals surface area contributed by atoms with E-state index in [1.807, 2.05) is 11.0 Å². The minimum atomic E-state index is 0.123. The van der Waals surface area contributed by atoms with Crippen LogP contribution in [0.4, 0.5) is 11.5 Å². The average molecular weight is 248 g/mol. The summed E-state index contributed by atoms with van der Waals surface area (Å²) in [6.45, 7) is 4.69. The molecule has 0 aromatic carbocycles. The highest BCUT2D eigenvalue weighted by atomic mass is 16.2. The highest BCUT2D eigenvalue weighted by molar-refractivity contribution is 5.73. The summed E-state index contributed by atoms with van der Waals surface area (Å²) in [5.74, 6) is 0.662. The summed E-state index contributed by atoms with van der Waals surface area (Å²) in [5.41, 5.74) is 1.01. The van der Waals surface area contributed by atoms with Crippen molar-refractivity contribution >= 4 is 23.8 Å². The van der Waals surface area contributed by atoms with Crippen LogP contribution in [0.15, 0.2) is 18.3 Å². The second-order valence-corrected chi connectivity index (χ2v) is 4.16. The van der Waals surface area contributed by atoms with E-state index in [0.717, 1.165) is 31.9 Å². The molecule has 1 aromatic heterocycles. The first-order valence-electron chi connectivity index (χ1n) is 5.87. The van der Waals surface area contributed by atoms with Crippen molar-refractivity contribution in [1.82, 2.24) is 9.88 Å². The monoisotopic (exact) mass is 248 g/mol. The number of carbonyl (C=O) groups is 2. The molecule has 1 fully saturated rings. The summed E-state index contributed by atoms with van der Waals surface area (Å²) in [4.78, 5) is 29.6. The van der Waals surface area contributed by atoms with Crippen LogP contribution in [0.3, 0.4) is 0 Å². The van der Waals surface area contributed by atoms with Crippen LogP contribution in [-0.4, -0.2) is 48.4 Å². The van der Waals surface area contributed by atoms with E-state index >= 15 is 0 Å². The number of piperazine rings is 1. The average Bonchev–Trinajstić information content (AvgIpc) is 2.40. The molecule has 2 rings (SSSR count). The van der Waals surface area contributed by atoms with Crippen LogP contribution < -0.4 is 10.2 Å². The molecule has 2 heterocycles. The van der Waals surface area contributed by atoms with Gasteiger partial charge in [0.15, 0.2) is 0 Å². The molecule has 0 aliphatic carbocycles. The van der Waals surface area contributed by atoms with E-state index in [2.05, 4.69) is 15.2 Å². The molecule has 0 atom stereocenters. The Balaban J connectivity index is 1.96. The van der Waals surface area contributed by atoms with Gasteiger partial charge in [0.05, 0.1) is 11.9 Å². The third-order valence-corrected chi connectivity index (χ3v) is 3.04. The highest BCUT2D eigenvalue weighted by Gasteiger charge is 2.18. The number of aromatic nitrogens is 1. The van der Waals surface area contributed by atoms with Crippen LogP contribution in [0.25, 0.3) is 0 Å². The number of nitrogens with one attached hydrogen (secondary N) is 1. The zero-order chi connectivity index (χ0) is 13.0. The van der Waals surface area contributed by atoms with Crippen molar-refractivity contribution in [2.45, 2.75) is 6.92 Å². The zero-order valence-corrected chi connectivity index (χ0v) is 10.3. The number of pyridine rings is 1. The fourth-order valence-corrected chi connectivity index (χ4v) is 2.00. The van der Waals surface area contributed by atoms with Gasteiger partial charge in [0.1, 0.15) is 5.82 Å². The van der Waals surface area contributed by atoms with Gasteiger partial charge in [-0.15, -0.1) is 0 Å². The molecule has 1 N–H and O–H groups in total. The molecule has 0 radical (unpaired) electrons. The van der Waals surface area contributed by atoms with Crippen molar-refractivity contribution in [3.8, 4) is 0 Å². The Morgan fingerprint density at radius 1 is 1.33 bits per heavy atom. The topological polar surface area (TPSA) is 65.5 Å². The summed E-state index contributed by atoms with van der Waals surface area (Å²) < 4.78 is 0. The quantitative estimate of drug-likeness (QED) is 0.782. The molecular formula is C12H16N4O2. The Labute approximate surface area is 106 Å². The molecule has 1 aliphatic heterocycles. The first kappa shape index (κ1) is 12.3. The standard InChI is InChI=1S/C12H16N4O2/c1-10(18)15-4-6-16(7-5-15)11-2-3-12(13-8-11)14-9-17/h2-3,8-9H,4-7H2,1H3,(H,13,14,17). The molecular weight excluding hydrogens is 232 g/mol. The molecule has 1 saturated heterocycles. The van der Waals surface area contributed by atoms with Gasteiger partial charge in [0, 0.05) is 33.1 Å². The van der Waals surface area contributed by atoms with Crippen LogP contribution >= 0.6 is 0 Å². The predicted octanol–water partition coefficient (Wildman–Crippen LogP) is 0.318. The summed E-state index contributed by atoms with van der Waals surface area (Å²) >= 11 is 0. The van der Waals surface area contributed by atoms with Crippen LogP contribution in [0.5, 0.6) is 0 Å². The Kier molecular flexibility index (Phi) is 3.76. The van der Waals surface area contributed by atoms with E-state index in [9.17, 15) is 9.59 Å². The summed E-state index contributed by atoms with van der Waals surface area (Å²) in [6.07, 6.45) is 2.34. The summed E-state index contributed by atoms with van der Waals surface area (Å²) in [7, 11) is 0. The number of hydrogen-bond donors (Lipinski definition) is 1. The maximum atomic E-state index is 11.2. The molecule has 6 heteroatoms. The van der Waals surface area contributed by atoms with E-state index in [-0.39, 0.29) is 5.91 Å². The first-order valence-corrected chi connectivity index (χ1v) is 5.87. The Morgan fingerprint density at radius 3 is 2.56 bits per heavy atom. The number of nitrogens with zero attached hydrogens (tertiary/aromatic N) is 3. The zero-order valence-electron chi connectivity index (χ0n) is 10.3. The van der Waals surface area contributed by atoms with E-state index in [4.69, 9.17) is 0 Å². The lowest BCUT2D eigenvalue weighted by molar-refractivity contribution is -0.129. The largest absolute Gasteiger partial charge is 0.367 e. The number of carbonyl (C=O) groups excluding carboxylic acids is 2. The minimum Gasteiger partial charge on any atom is -0.367 e. The molecule has 18 heavy (non-hydrogen) atoms. The van der Waals surface area contributed by atoms with Gasteiger partial charge < -0.3 is 15.1 Å². The molecule has 2 amide bonds. The molecule has 1 aliphatic rings. The molecule has 0 bridgehead atoms. The molecule has 0 spiro atoms. The normalized spacial score (nSPS) is 15.4. The number of hydrogen-bond acceptors (Lipinski definition) is 4. The van der Waals surface area contributed by atoms with Crippen molar-refractivity contribution < 1.29 is 9.59 Å². The minimum absolute atomic E-state index is 0.123. The molecule has 96 valence electrons. The van der Waals surface area contributed by atoms with E-state index in [0.29, 0.717) is 12.2 Å². The van der Waals surface area contributed by atoms with Gasteiger partial charge in [-0.2, -0.15) is 0 Å². The van der Waals surface area contributed by atoms with Crippen molar-refractivity contribution in [3.63, 3.8) is 0 Å². The highest BCUT2D eigenvalue weighted by Crippen LogP contribution is 2.16. The van der Waals surface area contributed by atoms with E-state index in [1.165, 1.54) is 0 Å². The summed E-state index contributed by atoms with van der Waals surface area (Å²) in [5, 5.41) is 2.50. The molecule has 1 aromatic rings. The summed E-state index contributed by atoms with van der Waals surface area (Å²) in [6, 6.07) is 3.68. The van der Waals surface area contributed by atoms with Gasteiger partial charge in [-0.1, -0.05) is 0 Å². The van der Waals surface area contributed by atoms with Crippen LogP contribution in [0, 0.1) is 0 Å². The molecule has 6 nitrogen and oxygen atoms in total. The number of rotatable bonds is 3. The fraction of sp³-hybridized carbons (Fsp3) is 0.417. The Bertz CT molecular complexity index is 424. The van der Waals surface area contributed by atoms with Gasteiger partial charge in [0.2, 0.25) is 12.3 Å². The van der Waals surface area contributed by atoms with Gasteiger partial charge in [-0.25, -0.2) is 4.98 Å². The predicted molar refractivity (Wildman–Crippen MR) is 68.4 cm³/mol. The lowest BCUT2D eigenvalue weighted by atomic mass is 10.2. The van der Waals surface area contributed by atoms with Crippen LogP contribution in [0.2, 0.25) is 0 Å². The van der Waals surface area contributed by atoms with Gasteiger partial charge >= 0.3 is 0 Å². The lowest BCUT2D eigenvalue weighted by Crippen LogP contribution is -2.48. The molecule has 0 unspecified atom stereocenters. The third-order valence-electron chi connectivity index (χ3n) is 3.04.